The summed E-state index contributed by atoms with van der Waals surface area (Å²) in [6, 6.07) is 2.39. The van der Waals surface area contributed by atoms with Gasteiger partial charge in [0, 0.05) is 11.4 Å². The van der Waals surface area contributed by atoms with E-state index in [0.717, 1.165) is 30.0 Å². The van der Waals surface area contributed by atoms with E-state index in [1.807, 2.05) is 0 Å². The van der Waals surface area contributed by atoms with Gasteiger partial charge in [-0.2, -0.15) is 0 Å². The smallest absolute Gasteiger partial charge is 0.321 e. The summed E-state index contributed by atoms with van der Waals surface area (Å²) in [6.07, 6.45) is 0. The minimum absolute atomic E-state index is 0.0264. The highest BCUT2D eigenvalue weighted by Crippen LogP contribution is 2.26. The van der Waals surface area contributed by atoms with Gasteiger partial charge in [0.05, 0.1) is 5.25 Å². The fourth-order valence-corrected chi connectivity index (χ4v) is 2.14. The summed E-state index contributed by atoms with van der Waals surface area (Å²) >= 11 is 0.845. The quantitative estimate of drug-likeness (QED) is 0.836. The average molecular weight is 288 g/mol. The molecule has 0 aliphatic carbocycles. The number of imide groups is 1. The van der Waals surface area contributed by atoms with Crippen LogP contribution in [0.4, 0.5) is 13.6 Å². The van der Waals surface area contributed by atoms with Crippen LogP contribution < -0.4 is 10.6 Å². The highest BCUT2D eigenvalue weighted by atomic mass is 32.2. The molecule has 1 rings (SSSR count). The zero-order valence-electron chi connectivity index (χ0n) is 10.5. The van der Waals surface area contributed by atoms with Crippen molar-refractivity contribution in [2.45, 2.75) is 24.0 Å². The van der Waals surface area contributed by atoms with E-state index < -0.39 is 28.8 Å². The van der Waals surface area contributed by atoms with E-state index in [2.05, 4.69) is 10.6 Å². The number of carbonyl (C=O) groups is 2. The van der Waals surface area contributed by atoms with Gasteiger partial charge in [-0.3, -0.25) is 10.1 Å². The van der Waals surface area contributed by atoms with E-state index in [1.165, 1.54) is 6.92 Å². The molecule has 0 fully saturated rings. The second-order valence-corrected chi connectivity index (χ2v) is 5.07. The third-order valence-electron chi connectivity index (χ3n) is 2.14. The van der Waals surface area contributed by atoms with Crippen LogP contribution in [0.3, 0.4) is 0 Å². The lowest BCUT2D eigenvalue weighted by Gasteiger charge is -2.11. The lowest BCUT2D eigenvalue weighted by atomic mass is 10.3. The second-order valence-electron chi connectivity index (χ2n) is 3.68. The SMILES string of the molecule is CCNC(=O)NC(=O)C(C)Sc1cc(F)ccc1F. The summed E-state index contributed by atoms with van der Waals surface area (Å²) in [7, 11) is 0. The molecule has 7 heteroatoms. The normalized spacial score (nSPS) is 11.8. The van der Waals surface area contributed by atoms with Crippen molar-refractivity contribution < 1.29 is 18.4 Å². The molecule has 1 aromatic rings. The summed E-state index contributed by atoms with van der Waals surface area (Å²) in [5.74, 6) is -1.76. The summed E-state index contributed by atoms with van der Waals surface area (Å²) < 4.78 is 26.3. The van der Waals surface area contributed by atoms with Crippen LogP contribution in [0.5, 0.6) is 0 Å². The predicted octanol–water partition coefficient (Wildman–Crippen LogP) is 2.29. The Kier molecular flexibility index (Phi) is 5.75. The first-order valence-electron chi connectivity index (χ1n) is 5.64. The molecule has 1 unspecified atom stereocenters. The first kappa shape index (κ1) is 15.4. The van der Waals surface area contributed by atoms with Gasteiger partial charge in [-0.25, -0.2) is 13.6 Å². The van der Waals surface area contributed by atoms with Crippen molar-refractivity contribution in [3.63, 3.8) is 0 Å². The summed E-state index contributed by atoms with van der Waals surface area (Å²) in [5, 5.41) is 3.79. The van der Waals surface area contributed by atoms with Crippen molar-refractivity contribution in [1.82, 2.24) is 10.6 Å². The Morgan fingerprint density at radius 3 is 2.68 bits per heavy atom. The monoisotopic (exact) mass is 288 g/mol. The Hall–Kier alpha value is -1.63. The molecule has 0 aliphatic rings. The van der Waals surface area contributed by atoms with Crippen LogP contribution >= 0.6 is 11.8 Å². The minimum Gasteiger partial charge on any atom is -0.338 e. The maximum Gasteiger partial charge on any atom is 0.321 e. The number of urea groups is 1. The van der Waals surface area contributed by atoms with E-state index in [-0.39, 0.29) is 4.90 Å². The van der Waals surface area contributed by atoms with Gasteiger partial charge >= 0.3 is 6.03 Å². The van der Waals surface area contributed by atoms with Crippen molar-refractivity contribution >= 4 is 23.7 Å². The molecule has 0 saturated carbocycles. The van der Waals surface area contributed by atoms with Crippen LogP contribution in [0.1, 0.15) is 13.8 Å². The lowest BCUT2D eigenvalue weighted by Crippen LogP contribution is -2.42. The number of benzene rings is 1. The van der Waals surface area contributed by atoms with E-state index in [0.29, 0.717) is 6.54 Å². The molecule has 0 aliphatic heterocycles. The van der Waals surface area contributed by atoms with Crippen LogP contribution in [-0.4, -0.2) is 23.7 Å². The molecule has 0 heterocycles. The number of thioether (sulfide) groups is 1. The number of hydrogen-bond acceptors (Lipinski definition) is 3. The van der Waals surface area contributed by atoms with Crippen LogP contribution in [0, 0.1) is 11.6 Å². The summed E-state index contributed by atoms with van der Waals surface area (Å²) in [5.41, 5.74) is 0. The van der Waals surface area contributed by atoms with E-state index >= 15 is 0 Å². The molecule has 3 amide bonds. The van der Waals surface area contributed by atoms with Gasteiger partial charge in [-0.05, 0) is 32.0 Å². The Balaban J connectivity index is 2.63. The number of nitrogens with one attached hydrogen (secondary N) is 2. The number of amides is 3. The molecule has 0 bridgehead atoms. The molecule has 0 aromatic heterocycles. The molecule has 4 nitrogen and oxygen atoms in total. The molecule has 0 spiro atoms. The van der Waals surface area contributed by atoms with Gasteiger partial charge in [-0.15, -0.1) is 11.8 Å². The van der Waals surface area contributed by atoms with Crippen molar-refractivity contribution in [1.29, 1.82) is 0 Å². The standard InChI is InChI=1S/C12H14F2N2O2S/c1-3-15-12(18)16-11(17)7(2)19-10-6-8(13)4-5-9(10)14/h4-7H,3H2,1-2H3,(H2,15,16,17,18). The molecule has 0 saturated heterocycles. The van der Waals surface area contributed by atoms with Gasteiger partial charge in [0.15, 0.2) is 0 Å². The van der Waals surface area contributed by atoms with Crippen LogP contribution in [-0.2, 0) is 4.79 Å². The topological polar surface area (TPSA) is 58.2 Å². The molecule has 104 valence electrons. The molecular formula is C12H14F2N2O2S. The highest BCUT2D eigenvalue weighted by Gasteiger charge is 2.18. The van der Waals surface area contributed by atoms with Gasteiger partial charge in [0.2, 0.25) is 5.91 Å². The van der Waals surface area contributed by atoms with Crippen molar-refractivity contribution in [3.8, 4) is 0 Å². The Morgan fingerprint density at radius 2 is 2.05 bits per heavy atom. The molecular weight excluding hydrogens is 274 g/mol. The number of hydrogen-bond donors (Lipinski definition) is 2. The molecule has 1 atom stereocenters. The average Bonchev–Trinajstić information content (AvgIpc) is 2.34. The minimum atomic E-state index is -0.723. The Bertz CT molecular complexity index is 483. The van der Waals surface area contributed by atoms with Gasteiger partial charge < -0.3 is 5.32 Å². The molecule has 2 N–H and O–H groups in total. The molecule has 19 heavy (non-hydrogen) atoms. The fourth-order valence-electron chi connectivity index (χ4n) is 1.23. The fraction of sp³-hybridized carbons (Fsp3) is 0.333. The van der Waals surface area contributed by atoms with E-state index in [9.17, 15) is 18.4 Å². The van der Waals surface area contributed by atoms with Crippen molar-refractivity contribution in [2.24, 2.45) is 0 Å². The maximum absolute atomic E-state index is 13.4. The number of rotatable bonds is 4. The number of carbonyl (C=O) groups excluding carboxylic acids is 2. The van der Waals surface area contributed by atoms with Gasteiger partial charge in [0.25, 0.3) is 0 Å². The van der Waals surface area contributed by atoms with Crippen molar-refractivity contribution in [2.75, 3.05) is 6.54 Å². The van der Waals surface area contributed by atoms with E-state index in [1.54, 1.807) is 6.92 Å². The zero-order chi connectivity index (χ0) is 14.4. The third kappa shape index (κ3) is 4.86. The third-order valence-corrected chi connectivity index (χ3v) is 3.27. The first-order valence-corrected chi connectivity index (χ1v) is 6.52. The zero-order valence-corrected chi connectivity index (χ0v) is 11.3. The number of halogens is 2. The Labute approximate surface area is 113 Å². The lowest BCUT2D eigenvalue weighted by molar-refractivity contribution is -0.119. The predicted molar refractivity (Wildman–Crippen MR) is 68.9 cm³/mol. The van der Waals surface area contributed by atoms with Gasteiger partial charge in [0.1, 0.15) is 11.6 Å². The maximum atomic E-state index is 13.4. The van der Waals surface area contributed by atoms with Crippen LogP contribution in [0.2, 0.25) is 0 Å². The molecule has 1 aromatic carbocycles. The van der Waals surface area contributed by atoms with Crippen LogP contribution in [0.25, 0.3) is 0 Å². The highest BCUT2D eigenvalue weighted by molar-refractivity contribution is 8.00. The first-order chi connectivity index (χ1) is 8.93. The van der Waals surface area contributed by atoms with E-state index in [4.69, 9.17) is 0 Å². The van der Waals surface area contributed by atoms with Gasteiger partial charge in [-0.1, -0.05) is 0 Å². The Morgan fingerprint density at radius 1 is 1.37 bits per heavy atom. The summed E-state index contributed by atoms with van der Waals surface area (Å²) in [4.78, 5) is 22.8. The second kappa shape index (κ2) is 7.08. The van der Waals surface area contributed by atoms with Crippen molar-refractivity contribution in [3.05, 3.63) is 29.8 Å². The summed E-state index contributed by atoms with van der Waals surface area (Å²) in [6.45, 7) is 3.60. The largest absolute Gasteiger partial charge is 0.338 e. The van der Waals surface area contributed by atoms with Crippen LogP contribution in [0.15, 0.2) is 23.1 Å². The molecule has 0 radical (unpaired) electrons.